The molecule has 24 heavy (non-hydrogen) atoms. The van der Waals surface area contributed by atoms with Crippen molar-refractivity contribution in [1.82, 2.24) is 9.29 Å². The Morgan fingerprint density at radius 3 is 2.79 bits per heavy atom. The molecule has 1 N–H and O–H groups in total. The zero-order chi connectivity index (χ0) is 17.3. The van der Waals surface area contributed by atoms with Crippen molar-refractivity contribution < 1.29 is 22.0 Å². The van der Waals surface area contributed by atoms with Gasteiger partial charge in [-0.2, -0.15) is 4.31 Å². The van der Waals surface area contributed by atoms with E-state index in [1.165, 1.54) is 17.5 Å². The van der Waals surface area contributed by atoms with Gasteiger partial charge in [0.15, 0.2) is 16.8 Å². The summed E-state index contributed by atoms with van der Waals surface area (Å²) >= 11 is 1.22. The van der Waals surface area contributed by atoms with Crippen LogP contribution in [0.5, 0.6) is 0 Å². The van der Waals surface area contributed by atoms with Crippen molar-refractivity contribution in [2.24, 2.45) is 0 Å². The Kier molecular flexibility index (Phi) is 4.61. The molecule has 6 nitrogen and oxygen atoms in total. The molecule has 2 aromatic rings. The summed E-state index contributed by atoms with van der Waals surface area (Å²) in [7, 11) is -4.10. The molecule has 1 aliphatic heterocycles. The summed E-state index contributed by atoms with van der Waals surface area (Å²) in [5.41, 5.74) is 0. The van der Waals surface area contributed by atoms with Crippen LogP contribution in [0.1, 0.15) is 12.8 Å². The molecule has 3 rings (SSSR count). The predicted octanol–water partition coefficient (Wildman–Crippen LogP) is 2.21. The SMILES string of the molecule is O=C(Nc1nccs1)C1CCCN1S(=O)(=O)c1ccc(F)c(F)c1. The average molecular weight is 373 g/mol. The van der Waals surface area contributed by atoms with E-state index in [1.807, 2.05) is 0 Å². The molecule has 2 heterocycles. The quantitative estimate of drug-likeness (QED) is 0.891. The Morgan fingerprint density at radius 2 is 2.12 bits per heavy atom. The Labute approximate surface area is 141 Å². The summed E-state index contributed by atoms with van der Waals surface area (Å²) in [4.78, 5) is 15.9. The van der Waals surface area contributed by atoms with Crippen LogP contribution in [0, 0.1) is 11.6 Å². The number of aromatic nitrogens is 1. The third kappa shape index (κ3) is 3.17. The lowest BCUT2D eigenvalue weighted by molar-refractivity contribution is -0.119. The number of carbonyl (C=O) groups excluding carboxylic acids is 1. The van der Waals surface area contributed by atoms with Gasteiger partial charge in [-0.1, -0.05) is 0 Å². The van der Waals surface area contributed by atoms with Gasteiger partial charge in [-0.3, -0.25) is 4.79 Å². The number of carbonyl (C=O) groups is 1. The molecule has 0 spiro atoms. The van der Waals surface area contributed by atoms with Gasteiger partial charge in [0.1, 0.15) is 6.04 Å². The highest BCUT2D eigenvalue weighted by Crippen LogP contribution is 2.28. The zero-order valence-corrected chi connectivity index (χ0v) is 13.9. The van der Waals surface area contributed by atoms with Crippen LogP contribution in [0.25, 0.3) is 0 Å². The van der Waals surface area contributed by atoms with E-state index < -0.39 is 33.6 Å². The maximum Gasteiger partial charge on any atom is 0.244 e. The molecule has 1 aliphatic rings. The Hall–Kier alpha value is -1.91. The molecule has 1 atom stereocenters. The van der Waals surface area contributed by atoms with E-state index in [1.54, 1.807) is 5.38 Å². The maximum absolute atomic E-state index is 13.4. The van der Waals surface area contributed by atoms with Gasteiger partial charge in [-0.05, 0) is 31.0 Å². The summed E-state index contributed by atoms with van der Waals surface area (Å²) in [5.74, 6) is -2.87. The number of benzene rings is 1. The van der Waals surface area contributed by atoms with Gasteiger partial charge >= 0.3 is 0 Å². The average Bonchev–Trinajstić information content (AvgIpc) is 3.20. The number of sulfonamides is 1. The van der Waals surface area contributed by atoms with Crippen LogP contribution < -0.4 is 5.32 Å². The summed E-state index contributed by atoms with van der Waals surface area (Å²) < 4.78 is 52.7. The van der Waals surface area contributed by atoms with Crippen LogP contribution in [0.2, 0.25) is 0 Å². The Morgan fingerprint density at radius 1 is 1.33 bits per heavy atom. The molecular weight excluding hydrogens is 360 g/mol. The van der Waals surface area contributed by atoms with E-state index in [4.69, 9.17) is 0 Å². The van der Waals surface area contributed by atoms with E-state index >= 15 is 0 Å². The minimum atomic E-state index is -4.10. The monoisotopic (exact) mass is 373 g/mol. The van der Waals surface area contributed by atoms with Crippen molar-refractivity contribution in [3.05, 3.63) is 41.4 Å². The van der Waals surface area contributed by atoms with E-state index in [9.17, 15) is 22.0 Å². The van der Waals surface area contributed by atoms with Crippen LogP contribution in [0.4, 0.5) is 13.9 Å². The number of hydrogen-bond acceptors (Lipinski definition) is 5. The standard InChI is InChI=1S/C14H13F2N3O3S2/c15-10-4-3-9(8-11(10)16)24(21,22)19-6-1-2-12(19)13(20)18-14-17-5-7-23-14/h3-5,7-8,12H,1-2,6H2,(H,17,18,20). The van der Waals surface area contributed by atoms with Crippen LogP contribution in [0.15, 0.2) is 34.7 Å². The smallest absolute Gasteiger partial charge is 0.244 e. The predicted molar refractivity (Wildman–Crippen MR) is 84.0 cm³/mol. The van der Waals surface area contributed by atoms with Crippen molar-refractivity contribution in [3.63, 3.8) is 0 Å². The minimum Gasteiger partial charge on any atom is -0.301 e. The summed E-state index contributed by atoms with van der Waals surface area (Å²) in [5, 5.41) is 4.62. The highest BCUT2D eigenvalue weighted by atomic mass is 32.2. The van der Waals surface area contributed by atoms with E-state index in [2.05, 4.69) is 10.3 Å². The first-order chi connectivity index (χ1) is 11.4. The van der Waals surface area contributed by atoms with Crippen LogP contribution >= 0.6 is 11.3 Å². The fraction of sp³-hybridized carbons (Fsp3) is 0.286. The molecule has 1 aromatic heterocycles. The van der Waals surface area contributed by atoms with Gasteiger partial charge in [-0.15, -0.1) is 11.3 Å². The van der Waals surface area contributed by atoms with E-state index in [0.717, 1.165) is 16.4 Å². The lowest BCUT2D eigenvalue weighted by Crippen LogP contribution is -2.43. The fourth-order valence-corrected chi connectivity index (χ4v) is 4.74. The van der Waals surface area contributed by atoms with Gasteiger partial charge in [0.05, 0.1) is 4.90 Å². The van der Waals surface area contributed by atoms with Crippen molar-refractivity contribution >= 4 is 32.4 Å². The number of thiazole rings is 1. The van der Waals surface area contributed by atoms with Crippen LogP contribution in [-0.4, -0.2) is 36.2 Å². The first-order valence-electron chi connectivity index (χ1n) is 7.07. The van der Waals surface area contributed by atoms with E-state index in [-0.39, 0.29) is 11.4 Å². The summed E-state index contributed by atoms with van der Waals surface area (Å²) in [6.07, 6.45) is 2.36. The number of anilines is 1. The van der Waals surface area contributed by atoms with Crippen molar-refractivity contribution in [2.45, 2.75) is 23.8 Å². The Balaban J connectivity index is 1.86. The summed E-state index contributed by atoms with van der Waals surface area (Å²) in [6.45, 7) is 0.136. The molecule has 1 unspecified atom stereocenters. The van der Waals surface area contributed by atoms with Gasteiger partial charge < -0.3 is 5.32 Å². The first kappa shape index (κ1) is 16.9. The number of hydrogen-bond donors (Lipinski definition) is 1. The molecule has 0 radical (unpaired) electrons. The number of rotatable bonds is 4. The molecule has 1 saturated heterocycles. The minimum absolute atomic E-state index is 0.136. The van der Waals surface area contributed by atoms with Crippen LogP contribution in [-0.2, 0) is 14.8 Å². The molecule has 1 fully saturated rings. The third-order valence-electron chi connectivity index (χ3n) is 3.67. The summed E-state index contributed by atoms with van der Waals surface area (Å²) in [6, 6.07) is 1.45. The highest BCUT2D eigenvalue weighted by Gasteiger charge is 2.39. The highest BCUT2D eigenvalue weighted by molar-refractivity contribution is 7.89. The number of nitrogens with zero attached hydrogens (tertiary/aromatic N) is 2. The Bertz CT molecular complexity index is 856. The molecule has 0 aliphatic carbocycles. The van der Waals surface area contributed by atoms with Crippen molar-refractivity contribution in [3.8, 4) is 0 Å². The molecule has 1 aromatic carbocycles. The molecule has 128 valence electrons. The van der Waals surface area contributed by atoms with Gasteiger partial charge in [0.25, 0.3) is 0 Å². The van der Waals surface area contributed by atoms with E-state index in [0.29, 0.717) is 24.0 Å². The van der Waals surface area contributed by atoms with Crippen LogP contribution in [0.3, 0.4) is 0 Å². The normalized spacial score (nSPS) is 18.7. The topological polar surface area (TPSA) is 79.4 Å². The number of halogens is 2. The lowest BCUT2D eigenvalue weighted by atomic mass is 10.2. The first-order valence-corrected chi connectivity index (χ1v) is 9.39. The molecule has 0 saturated carbocycles. The molecular formula is C14H13F2N3O3S2. The second-order valence-corrected chi connectivity index (χ2v) is 7.96. The maximum atomic E-state index is 13.4. The van der Waals surface area contributed by atoms with Crippen molar-refractivity contribution in [1.29, 1.82) is 0 Å². The van der Waals surface area contributed by atoms with Gasteiger partial charge in [0.2, 0.25) is 15.9 Å². The van der Waals surface area contributed by atoms with Gasteiger partial charge in [-0.25, -0.2) is 22.2 Å². The molecule has 1 amide bonds. The van der Waals surface area contributed by atoms with Crippen molar-refractivity contribution in [2.75, 3.05) is 11.9 Å². The third-order valence-corrected chi connectivity index (χ3v) is 6.26. The zero-order valence-electron chi connectivity index (χ0n) is 12.3. The number of amides is 1. The molecule has 0 bridgehead atoms. The second-order valence-electron chi connectivity index (χ2n) is 5.18. The number of nitrogens with one attached hydrogen (secondary N) is 1. The second kappa shape index (κ2) is 6.54. The fourth-order valence-electron chi connectivity index (χ4n) is 2.54. The molecule has 10 heteroatoms. The van der Waals surface area contributed by atoms with Gasteiger partial charge in [0, 0.05) is 18.1 Å². The lowest BCUT2D eigenvalue weighted by Gasteiger charge is -2.23. The largest absolute Gasteiger partial charge is 0.301 e.